The van der Waals surface area contributed by atoms with Gasteiger partial charge in [-0.2, -0.15) is 0 Å². The zero-order chi connectivity index (χ0) is 61.2. The molecule has 0 heterocycles. The highest BCUT2D eigenvalue weighted by Crippen LogP contribution is 2.43. The standard InChI is InChI=1S/C75H135N2O6P/c1-6-8-10-12-14-16-18-20-22-24-26-28-30-32-34-36-37-38-39-41-43-45-47-49-51-53-55-57-59-61-63-65-67-69-75(79)76-73(72-83-84(80,81)82-71-70-77(3,4)5)74(78)68-66-64-62-60-58-56-54-52-50-48-46-44-42-40-35-33-31-29-27-25-23-21-19-17-15-13-11-9-7-2/h8,10,14,16,20,22,26,28,32,34,37-38,41,43,47,49,66,68,73-74,78H,6-7,9,11-13,15,17-19,21,23-25,27,29-31,33,35-36,39-40,42,44-46,48,50-65,67,69-72H2,1-5H3,(H-,76,79,80,81)/p+1/b10-8-,16-14-,22-20-,28-26-,34-32-,38-37-,43-41-,49-47-,68-66+. The van der Waals surface area contributed by atoms with Gasteiger partial charge < -0.3 is 19.8 Å². The molecule has 84 heavy (non-hydrogen) atoms. The van der Waals surface area contributed by atoms with Crippen LogP contribution in [0.5, 0.6) is 0 Å². The van der Waals surface area contributed by atoms with E-state index in [1.165, 1.54) is 193 Å². The van der Waals surface area contributed by atoms with Crippen LogP contribution in [0.3, 0.4) is 0 Å². The van der Waals surface area contributed by atoms with Crippen molar-refractivity contribution in [3.63, 3.8) is 0 Å². The number of unbranched alkanes of at least 4 members (excludes halogenated alkanes) is 35. The molecular formula is C75H136N2O6P+. The Hall–Kier alpha value is -2.84. The maximum Gasteiger partial charge on any atom is 0.472 e. The summed E-state index contributed by atoms with van der Waals surface area (Å²) >= 11 is 0. The number of aliphatic hydroxyl groups is 1. The van der Waals surface area contributed by atoms with E-state index in [1.807, 2.05) is 27.2 Å². The first-order chi connectivity index (χ1) is 41.0. The molecular weight excluding hydrogens is 1060 g/mol. The Bertz CT molecular complexity index is 1740. The van der Waals surface area contributed by atoms with Crippen LogP contribution in [0, 0.1) is 0 Å². The molecule has 0 fully saturated rings. The third-order valence-electron chi connectivity index (χ3n) is 15.5. The fraction of sp³-hybridized carbons (Fsp3) is 0.747. The molecule has 0 aromatic rings. The van der Waals surface area contributed by atoms with Crippen LogP contribution in [0.1, 0.15) is 309 Å². The first-order valence-corrected chi connectivity index (χ1v) is 36.8. The van der Waals surface area contributed by atoms with E-state index in [-0.39, 0.29) is 19.1 Å². The van der Waals surface area contributed by atoms with Crippen LogP contribution in [-0.4, -0.2) is 73.4 Å². The number of aliphatic hydroxyl groups excluding tert-OH is 1. The molecule has 0 rings (SSSR count). The van der Waals surface area contributed by atoms with Gasteiger partial charge in [0.1, 0.15) is 13.2 Å². The lowest BCUT2D eigenvalue weighted by molar-refractivity contribution is -0.870. The number of phosphoric acid groups is 1. The van der Waals surface area contributed by atoms with E-state index >= 15 is 0 Å². The zero-order valence-electron chi connectivity index (χ0n) is 55.6. The summed E-state index contributed by atoms with van der Waals surface area (Å²) < 4.78 is 23.8. The molecule has 8 nitrogen and oxygen atoms in total. The van der Waals surface area contributed by atoms with Gasteiger partial charge in [0.2, 0.25) is 5.91 Å². The highest BCUT2D eigenvalue weighted by molar-refractivity contribution is 7.47. The van der Waals surface area contributed by atoms with Crippen molar-refractivity contribution < 1.29 is 32.9 Å². The van der Waals surface area contributed by atoms with Gasteiger partial charge in [-0.3, -0.25) is 13.8 Å². The molecule has 486 valence electrons. The molecule has 0 radical (unpaired) electrons. The Morgan fingerprint density at radius 1 is 0.417 bits per heavy atom. The number of phosphoric ester groups is 1. The number of rotatable bonds is 64. The first-order valence-electron chi connectivity index (χ1n) is 35.3. The molecule has 0 saturated heterocycles. The van der Waals surface area contributed by atoms with Crippen molar-refractivity contribution in [2.24, 2.45) is 0 Å². The van der Waals surface area contributed by atoms with Gasteiger partial charge in [0.25, 0.3) is 0 Å². The van der Waals surface area contributed by atoms with Crippen LogP contribution in [0.15, 0.2) is 109 Å². The topological polar surface area (TPSA) is 105 Å². The van der Waals surface area contributed by atoms with Crippen LogP contribution >= 0.6 is 7.82 Å². The molecule has 0 bridgehead atoms. The van der Waals surface area contributed by atoms with E-state index in [9.17, 15) is 19.4 Å². The number of hydrogen-bond donors (Lipinski definition) is 3. The van der Waals surface area contributed by atoms with Gasteiger partial charge in [-0.15, -0.1) is 0 Å². The van der Waals surface area contributed by atoms with Gasteiger partial charge in [-0.1, -0.05) is 329 Å². The molecule has 3 N–H and O–H groups in total. The summed E-state index contributed by atoms with van der Waals surface area (Å²) in [5.41, 5.74) is 0. The van der Waals surface area contributed by atoms with Gasteiger partial charge in [-0.05, 0) is 83.5 Å². The molecule has 0 spiro atoms. The molecule has 0 aliphatic heterocycles. The van der Waals surface area contributed by atoms with Crippen LogP contribution in [-0.2, 0) is 18.4 Å². The monoisotopic (exact) mass is 1190 g/mol. The average molecular weight is 1190 g/mol. The number of amides is 1. The number of nitrogens with zero attached hydrogens (tertiary/aromatic N) is 1. The van der Waals surface area contributed by atoms with E-state index < -0.39 is 20.0 Å². The van der Waals surface area contributed by atoms with Gasteiger partial charge in [0.05, 0.1) is 39.9 Å². The van der Waals surface area contributed by atoms with E-state index in [1.54, 1.807) is 6.08 Å². The molecule has 3 atom stereocenters. The minimum Gasteiger partial charge on any atom is -0.387 e. The highest BCUT2D eigenvalue weighted by atomic mass is 31.2. The van der Waals surface area contributed by atoms with E-state index in [4.69, 9.17) is 9.05 Å². The fourth-order valence-electron chi connectivity index (χ4n) is 10.1. The third kappa shape index (κ3) is 66.7. The summed E-state index contributed by atoms with van der Waals surface area (Å²) in [6.45, 7) is 4.72. The van der Waals surface area contributed by atoms with E-state index in [2.05, 4.69) is 116 Å². The second kappa shape index (κ2) is 64.6. The van der Waals surface area contributed by atoms with Crippen molar-refractivity contribution >= 4 is 13.7 Å². The zero-order valence-corrected chi connectivity index (χ0v) is 56.5. The van der Waals surface area contributed by atoms with Crippen molar-refractivity contribution in [3.8, 4) is 0 Å². The summed E-state index contributed by atoms with van der Waals surface area (Å²) in [7, 11) is 1.56. The molecule has 9 heteroatoms. The summed E-state index contributed by atoms with van der Waals surface area (Å²) in [6.07, 6.45) is 95.1. The number of carbonyl (C=O) groups is 1. The maximum atomic E-state index is 13.1. The Labute approximate surface area is 521 Å². The van der Waals surface area contributed by atoms with Gasteiger partial charge >= 0.3 is 7.82 Å². The largest absolute Gasteiger partial charge is 0.472 e. The number of carbonyl (C=O) groups excluding carboxylic acids is 1. The number of nitrogens with one attached hydrogen (secondary N) is 1. The Kier molecular flexibility index (Phi) is 62.4. The van der Waals surface area contributed by atoms with Crippen LogP contribution in [0.25, 0.3) is 0 Å². The van der Waals surface area contributed by atoms with E-state index in [0.717, 1.165) is 96.3 Å². The lowest BCUT2D eigenvalue weighted by Crippen LogP contribution is -2.45. The Morgan fingerprint density at radius 3 is 1.05 bits per heavy atom. The average Bonchev–Trinajstić information content (AvgIpc) is 3.56. The normalized spacial score (nSPS) is 14.3. The van der Waals surface area contributed by atoms with Crippen molar-refractivity contribution in [1.29, 1.82) is 0 Å². The molecule has 0 aliphatic rings. The number of allylic oxidation sites excluding steroid dienone is 17. The molecule has 0 aliphatic carbocycles. The van der Waals surface area contributed by atoms with Crippen LogP contribution in [0.4, 0.5) is 0 Å². The maximum absolute atomic E-state index is 13.1. The first kappa shape index (κ1) is 81.2. The third-order valence-corrected chi connectivity index (χ3v) is 16.5. The quantitative estimate of drug-likeness (QED) is 0.0243. The number of quaternary nitrogens is 1. The van der Waals surface area contributed by atoms with Gasteiger partial charge in [0.15, 0.2) is 0 Å². The summed E-state index contributed by atoms with van der Waals surface area (Å²) in [5, 5.41) is 14.0. The van der Waals surface area contributed by atoms with Crippen LogP contribution in [0.2, 0.25) is 0 Å². The summed E-state index contributed by atoms with van der Waals surface area (Å²) in [5.74, 6) is -0.186. The number of hydrogen-bond acceptors (Lipinski definition) is 5. The highest BCUT2D eigenvalue weighted by Gasteiger charge is 2.28. The van der Waals surface area contributed by atoms with Gasteiger partial charge in [-0.25, -0.2) is 4.57 Å². The van der Waals surface area contributed by atoms with E-state index in [0.29, 0.717) is 17.4 Å². The SMILES string of the molecule is CC/C=C\C/C=C\C/C=C\C/C=C\C/C=C\C/C=C\C/C=C\C/C=C\CCCCCCCCCCC(=O)NC(COP(=O)(O)OCC[N+](C)(C)C)C(O)/C=C/CCCCCCCCCCCCCCCCCCCCCCCCCCCCC. The molecule has 0 aromatic carbocycles. The summed E-state index contributed by atoms with van der Waals surface area (Å²) in [4.78, 5) is 23.4. The predicted molar refractivity (Wildman–Crippen MR) is 369 cm³/mol. The Morgan fingerprint density at radius 2 is 0.714 bits per heavy atom. The molecule has 3 unspecified atom stereocenters. The second-order valence-corrected chi connectivity index (χ2v) is 26.3. The predicted octanol–water partition coefficient (Wildman–Crippen LogP) is 22.7. The minimum atomic E-state index is -4.36. The van der Waals surface area contributed by atoms with Gasteiger partial charge in [0, 0.05) is 6.42 Å². The lowest BCUT2D eigenvalue weighted by atomic mass is 10.0. The van der Waals surface area contributed by atoms with Crippen LogP contribution < -0.4 is 5.32 Å². The minimum absolute atomic E-state index is 0.0551. The number of likely N-dealkylation sites (N-methyl/N-ethyl adjacent to an activating group) is 1. The fourth-order valence-corrected chi connectivity index (χ4v) is 10.8. The smallest absolute Gasteiger partial charge is 0.387 e. The van der Waals surface area contributed by atoms with Crippen molar-refractivity contribution in [1.82, 2.24) is 5.32 Å². The van der Waals surface area contributed by atoms with Crippen molar-refractivity contribution in [3.05, 3.63) is 109 Å². The summed E-state index contributed by atoms with van der Waals surface area (Å²) in [6, 6.07) is -0.861. The lowest BCUT2D eigenvalue weighted by Gasteiger charge is -2.25. The molecule has 0 aromatic heterocycles. The van der Waals surface area contributed by atoms with Crippen molar-refractivity contribution in [2.45, 2.75) is 321 Å². The molecule has 1 amide bonds. The van der Waals surface area contributed by atoms with Crippen molar-refractivity contribution in [2.75, 3.05) is 40.9 Å². The molecule has 0 saturated carbocycles. The second-order valence-electron chi connectivity index (χ2n) is 24.9. The Balaban J connectivity index is 4.14.